The second-order valence-electron chi connectivity index (χ2n) is 4.27. The highest BCUT2D eigenvalue weighted by Crippen LogP contribution is 2.16. The Morgan fingerprint density at radius 3 is 2.64 bits per heavy atom. The topological polar surface area (TPSA) is 54.9 Å². The lowest BCUT2D eigenvalue weighted by atomic mass is 9.95. The third-order valence-electron chi connectivity index (χ3n) is 1.85. The van der Waals surface area contributed by atoms with E-state index in [1.54, 1.807) is 0 Å². The number of amides is 1. The summed E-state index contributed by atoms with van der Waals surface area (Å²) < 4.78 is 3.75. The highest BCUT2D eigenvalue weighted by atomic mass is 32.1. The molecule has 0 fully saturated rings. The average molecular weight is 213 g/mol. The molecule has 14 heavy (non-hydrogen) atoms. The summed E-state index contributed by atoms with van der Waals surface area (Å²) >= 11 is 1.29. The van der Waals surface area contributed by atoms with Gasteiger partial charge in [-0.3, -0.25) is 4.79 Å². The molecule has 1 heterocycles. The Morgan fingerprint density at radius 1 is 1.57 bits per heavy atom. The van der Waals surface area contributed by atoms with Crippen molar-refractivity contribution in [1.29, 1.82) is 0 Å². The molecule has 0 saturated heterocycles. The van der Waals surface area contributed by atoms with Gasteiger partial charge in [-0.2, -0.15) is 0 Å². The van der Waals surface area contributed by atoms with Crippen molar-refractivity contribution in [3.05, 3.63) is 11.1 Å². The van der Waals surface area contributed by atoms with Gasteiger partial charge in [0, 0.05) is 10.8 Å². The molecule has 0 saturated carbocycles. The fraction of sp³-hybridized carbons (Fsp3) is 0.667. The van der Waals surface area contributed by atoms with Crippen molar-refractivity contribution < 1.29 is 4.79 Å². The number of carbonyl (C=O) groups is 1. The van der Waals surface area contributed by atoms with Crippen molar-refractivity contribution >= 4 is 17.4 Å². The van der Waals surface area contributed by atoms with Gasteiger partial charge >= 0.3 is 0 Å². The largest absolute Gasteiger partial charge is 0.347 e. The Labute approximate surface area is 87.9 Å². The summed E-state index contributed by atoms with van der Waals surface area (Å²) in [5, 5.41) is 8.63. The molecule has 0 aliphatic heterocycles. The number of aromatic nitrogens is 2. The molecule has 78 valence electrons. The molecule has 1 amide bonds. The minimum atomic E-state index is -0.363. The van der Waals surface area contributed by atoms with Crippen molar-refractivity contribution in [3.63, 3.8) is 0 Å². The lowest BCUT2D eigenvalue weighted by molar-refractivity contribution is -0.129. The zero-order valence-corrected chi connectivity index (χ0v) is 9.68. The summed E-state index contributed by atoms with van der Waals surface area (Å²) in [6.07, 6.45) is 0. The quantitative estimate of drug-likeness (QED) is 0.814. The Kier molecular flexibility index (Phi) is 3.21. The van der Waals surface area contributed by atoms with Crippen LogP contribution in [0, 0.1) is 5.41 Å². The van der Waals surface area contributed by atoms with E-state index in [1.165, 1.54) is 11.5 Å². The van der Waals surface area contributed by atoms with E-state index in [-0.39, 0.29) is 17.4 Å². The molecule has 1 atom stereocenters. The second kappa shape index (κ2) is 4.04. The van der Waals surface area contributed by atoms with E-state index < -0.39 is 0 Å². The van der Waals surface area contributed by atoms with Crippen LogP contribution in [0.5, 0.6) is 0 Å². The molecule has 0 spiro atoms. The standard InChI is InChI=1S/C9H15N3OS/c1-6(7-5-14-12-11-7)10-8(13)9(2,3)4/h5-6H,1-4H3,(H,10,13). The lowest BCUT2D eigenvalue weighted by Crippen LogP contribution is -2.36. The van der Waals surface area contributed by atoms with Gasteiger partial charge in [-0.15, -0.1) is 5.10 Å². The monoisotopic (exact) mass is 213 g/mol. The first-order chi connectivity index (χ1) is 6.41. The summed E-state index contributed by atoms with van der Waals surface area (Å²) in [4.78, 5) is 11.6. The van der Waals surface area contributed by atoms with E-state index in [4.69, 9.17) is 0 Å². The van der Waals surface area contributed by atoms with Crippen molar-refractivity contribution in [2.75, 3.05) is 0 Å². The number of carbonyl (C=O) groups excluding carboxylic acids is 1. The molecule has 1 aromatic heterocycles. The minimum Gasteiger partial charge on any atom is -0.347 e. The van der Waals surface area contributed by atoms with Gasteiger partial charge in [0.2, 0.25) is 5.91 Å². The molecular formula is C9H15N3OS. The van der Waals surface area contributed by atoms with Crippen LogP contribution in [0.15, 0.2) is 5.38 Å². The van der Waals surface area contributed by atoms with Crippen LogP contribution in [0.4, 0.5) is 0 Å². The summed E-state index contributed by atoms with van der Waals surface area (Å²) in [7, 11) is 0. The molecule has 1 aromatic rings. The maximum absolute atomic E-state index is 11.6. The smallest absolute Gasteiger partial charge is 0.225 e. The molecule has 4 nitrogen and oxygen atoms in total. The Hall–Kier alpha value is -0.970. The second-order valence-corrected chi connectivity index (χ2v) is 4.88. The number of hydrogen-bond donors (Lipinski definition) is 1. The van der Waals surface area contributed by atoms with Crippen LogP contribution in [0.3, 0.4) is 0 Å². The third kappa shape index (κ3) is 2.77. The van der Waals surface area contributed by atoms with Gasteiger partial charge in [-0.1, -0.05) is 25.3 Å². The van der Waals surface area contributed by atoms with E-state index in [1.807, 2.05) is 33.1 Å². The number of rotatable bonds is 2. The molecule has 0 aliphatic carbocycles. The highest BCUT2D eigenvalue weighted by Gasteiger charge is 2.23. The van der Waals surface area contributed by atoms with Crippen LogP contribution in [0.25, 0.3) is 0 Å². The summed E-state index contributed by atoms with van der Waals surface area (Å²) in [6, 6.07) is -0.0690. The fourth-order valence-corrected chi connectivity index (χ4v) is 1.40. The van der Waals surface area contributed by atoms with Crippen LogP contribution in [0.1, 0.15) is 39.4 Å². The van der Waals surface area contributed by atoms with Crippen molar-refractivity contribution in [2.24, 2.45) is 5.41 Å². The van der Waals surface area contributed by atoms with Crippen LogP contribution in [-0.4, -0.2) is 15.5 Å². The van der Waals surface area contributed by atoms with Gasteiger partial charge in [0.1, 0.15) is 0 Å². The van der Waals surface area contributed by atoms with Crippen molar-refractivity contribution in [3.8, 4) is 0 Å². The van der Waals surface area contributed by atoms with Gasteiger partial charge in [0.05, 0.1) is 11.7 Å². The van der Waals surface area contributed by atoms with Gasteiger partial charge in [0.15, 0.2) is 0 Å². The van der Waals surface area contributed by atoms with E-state index in [0.29, 0.717) is 0 Å². The zero-order valence-electron chi connectivity index (χ0n) is 8.87. The van der Waals surface area contributed by atoms with Crippen molar-refractivity contribution in [2.45, 2.75) is 33.7 Å². The molecule has 1 unspecified atom stereocenters. The normalized spacial score (nSPS) is 13.7. The van der Waals surface area contributed by atoms with Gasteiger partial charge < -0.3 is 5.32 Å². The van der Waals surface area contributed by atoms with E-state index in [2.05, 4.69) is 14.9 Å². The number of nitrogens with zero attached hydrogens (tertiary/aromatic N) is 2. The lowest BCUT2D eigenvalue weighted by Gasteiger charge is -2.20. The highest BCUT2D eigenvalue weighted by molar-refractivity contribution is 7.03. The maximum atomic E-state index is 11.6. The first-order valence-electron chi connectivity index (χ1n) is 4.49. The molecule has 0 aromatic carbocycles. The van der Waals surface area contributed by atoms with E-state index >= 15 is 0 Å². The van der Waals surface area contributed by atoms with Crippen molar-refractivity contribution in [1.82, 2.24) is 14.9 Å². The summed E-state index contributed by atoms with van der Waals surface area (Å²) in [5.41, 5.74) is 0.449. The first-order valence-corrected chi connectivity index (χ1v) is 5.33. The number of nitrogens with one attached hydrogen (secondary N) is 1. The average Bonchev–Trinajstić information content (AvgIpc) is 2.53. The zero-order chi connectivity index (χ0) is 10.8. The molecule has 0 radical (unpaired) electrons. The predicted molar refractivity (Wildman–Crippen MR) is 55.9 cm³/mol. The molecule has 1 rings (SSSR count). The molecule has 1 N–H and O–H groups in total. The van der Waals surface area contributed by atoms with Gasteiger partial charge in [-0.25, -0.2) is 0 Å². The molecule has 0 aliphatic rings. The van der Waals surface area contributed by atoms with Crippen LogP contribution in [-0.2, 0) is 4.79 Å². The van der Waals surface area contributed by atoms with E-state index in [0.717, 1.165) is 5.69 Å². The Morgan fingerprint density at radius 2 is 2.21 bits per heavy atom. The third-order valence-corrected chi connectivity index (χ3v) is 2.37. The predicted octanol–water partition coefficient (Wildman–Crippen LogP) is 1.76. The van der Waals surface area contributed by atoms with Crippen LogP contribution < -0.4 is 5.32 Å². The van der Waals surface area contributed by atoms with E-state index in [9.17, 15) is 4.79 Å². The first kappa shape index (κ1) is 11.1. The maximum Gasteiger partial charge on any atom is 0.225 e. The molecule has 5 heteroatoms. The fourth-order valence-electron chi connectivity index (χ4n) is 0.848. The van der Waals surface area contributed by atoms with Gasteiger partial charge in [-0.05, 0) is 18.5 Å². The minimum absolute atomic E-state index is 0.0259. The van der Waals surface area contributed by atoms with Gasteiger partial charge in [0.25, 0.3) is 0 Å². The number of hydrogen-bond acceptors (Lipinski definition) is 4. The SMILES string of the molecule is CC(NC(=O)C(C)(C)C)c1csnn1. The van der Waals surface area contributed by atoms with Crippen LogP contribution >= 0.6 is 11.5 Å². The Balaban J connectivity index is 2.58. The molecular weight excluding hydrogens is 198 g/mol. The molecule has 0 bridgehead atoms. The van der Waals surface area contributed by atoms with Crippen LogP contribution in [0.2, 0.25) is 0 Å². The summed E-state index contributed by atoms with van der Waals surface area (Å²) in [5.74, 6) is 0.0259. The Bertz CT molecular complexity index is 302. The summed E-state index contributed by atoms with van der Waals surface area (Å²) in [6.45, 7) is 7.55.